The van der Waals surface area contributed by atoms with Crippen molar-refractivity contribution < 1.29 is 9.90 Å². The number of ketones is 1. The minimum atomic E-state index is -0.332. The molecular formula is C15H19Cl2NO2. The highest BCUT2D eigenvalue weighted by molar-refractivity contribution is 6.37. The first-order chi connectivity index (χ1) is 9.40. The van der Waals surface area contributed by atoms with Gasteiger partial charge in [-0.25, -0.2) is 0 Å². The molecule has 1 heterocycles. The van der Waals surface area contributed by atoms with E-state index in [1.165, 1.54) is 0 Å². The monoisotopic (exact) mass is 315 g/mol. The highest BCUT2D eigenvalue weighted by Crippen LogP contribution is 2.26. The molecule has 5 heteroatoms. The Morgan fingerprint density at radius 1 is 1.40 bits per heavy atom. The zero-order chi connectivity index (χ0) is 14.9. The van der Waals surface area contributed by atoms with Crippen LogP contribution in [0, 0.1) is 5.92 Å². The third-order valence-electron chi connectivity index (χ3n) is 4.06. The Labute approximate surface area is 129 Å². The Balaban J connectivity index is 2.09. The largest absolute Gasteiger partial charge is 0.393 e. The molecule has 1 saturated heterocycles. The summed E-state index contributed by atoms with van der Waals surface area (Å²) in [6.07, 6.45) is 0.588. The number of Topliss-reactive ketones (excluding diaryl/α,β-unsaturated/α-hetero) is 1. The molecule has 3 nitrogen and oxygen atoms in total. The number of benzene rings is 1. The van der Waals surface area contributed by atoms with Gasteiger partial charge in [0.25, 0.3) is 0 Å². The molecular weight excluding hydrogens is 297 g/mol. The maximum atomic E-state index is 12.5. The van der Waals surface area contributed by atoms with Gasteiger partial charge in [0.05, 0.1) is 17.2 Å². The Kier molecular flexibility index (Phi) is 5.08. The summed E-state index contributed by atoms with van der Waals surface area (Å²) in [6.45, 7) is 5.26. The lowest BCUT2D eigenvalue weighted by Crippen LogP contribution is -2.38. The van der Waals surface area contributed by atoms with Crippen LogP contribution in [-0.2, 0) is 0 Å². The van der Waals surface area contributed by atoms with E-state index < -0.39 is 0 Å². The lowest BCUT2D eigenvalue weighted by Gasteiger charge is -2.24. The average molecular weight is 316 g/mol. The van der Waals surface area contributed by atoms with Crippen molar-refractivity contribution in [3.05, 3.63) is 33.8 Å². The molecule has 0 aromatic heterocycles. The summed E-state index contributed by atoms with van der Waals surface area (Å²) in [6, 6.07) is 4.70. The Morgan fingerprint density at radius 2 is 2.10 bits per heavy atom. The van der Waals surface area contributed by atoms with Gasteiger partial charge in [-0.1, -0.05) is 23.2 Å². The molecule has 0 aliphatic carbocycles. The lowest BCUT2D eigenvalue weighted by molar-refractivity contribution is 0.0836. The summed E-state index contributed by atoms with van der Waals surface area (Å²) < 4.78 is 0. The summed E-state index contributed by atoms with van der Waals surface area (Å²) >= 11 is 11.9. The van der Waals surface area contributed by atoms with Crippen LogP contribution in [0.25, 0.3) is 0 Å². The standard InChI is InChI=1S/C15H19Cl2NO2/c1-9(18-6-5-11(8-18)10(2)19)15(20)13-4-3-12(16)7-14(13)17/h3-4,7,9-11,19H,5-6,8H2,1-2H3. The van der Waals surface area contributed by atoms with Crippen molar-refractivity contribution in [2.45, 2.75) is 32.4 Å². The van der Waals surface area contributed by atoms with Gasteiger partial charge in [-0.3, -0.25) is 9.69 Å². The SMILES string of the molecule is CC(O)C1CCN(C(C)C(=O)c2ccc(Cl)cc2Cl)C1. The van der Waals surface area contributed by atoms with Crippen molar-refractivity contribution in [2.24, 2.45) is 5.92 Å². The van der Waals surface area contributed by atoms with Crippen molar-refractivity contribution in [3.63, 3.8) is 0 Å². The van der Waals surface area contributed by atoms with Gasteiger partial charge >= 0.3 is 0 Å². The Bertz CT molecular complexity index is 505. The second-order valence-corrected chi connectivity index (χ2v) is 6.29. The molecule has 0 spiro atoms. The van der Waals surface area contributed by atoms with E-state index in [1.54, 1.807) is 25.1 Å². The minimum absolute atomic E-state index is 0.00194. The van der Waals surface area contributed by atoms with E-state index in [4.69, 9.17) is 23.2 Å². The minimum Gasteiger partial charge on any atom is -0.393 e. The third kappa shape index (κ3) is 3.34. The van der Waals surface area contributed by atoms with Crippen LogP contribution in [0.5, 0.6) is 0 Å². The molecule has 3 unspecified atom stereocenters. The second-order valence-electron chi connectivity index (χ2n) is 5.45. The van der Waals surface area contributed by atoms with Crippen molar-refractivity contribution in [1.29, 1.82) is 0 Å². The van der Waals surface area contributed by atoms with Crippen LogP contribution in [0.3, 0.4) is 0 Å². The van der Waals surface area contributed by atoms with E-state index in [9.17, 15) is 9.90 Å². The van der Waals surface area contributed by atoms with Gasteiger partial charge < -0.3 is 5.11 Å². The molecule has 2 rings (SSSR count). The smallest absolute Gasteiger partial charge is 0.181 e. The van der Waals surface area contributed by atoms with Gasteiger partial charge in [-0.2, -0.15) is 0 Å². The topological polar surface area (TPSA) is 40.5 Å². The van der Waals surface area contributed by atoms with E-state index in [-0.39, 0.29) is 23.8 Å². The molecule has 1 aliphatic rings. The predicted octanol–water partition coefficient (Wildman–Crippen LogP) is 3.27. The second kappa shape index (κ2) is 6.44. The van der Waals surface area contributed by atoms with E-state index in [2.05, 4.69) is 4.90 Å². The zero-order valence-electron chi connectivity index (χ0n) is 11.6. The van der Waals surface area contributed by atoms with E-state index in [1.807, 2.05) is 6.92 Å². The summed E-state index contributed by atoms with van der Waals surface area (Å²) in [4.78, 5) is 14.6. The van der Waals surface area contributed by atoms with Crippen LogP contribution in [0.1, 0.15) is 30.6 Å². The van der Waals surface area contributed by atoms with Crippen molar-refractivity contribution in [1.82, 2.24) is 4.90 Å². The van der Waals surface area contributed by atoms with E-state index >= 15 is 0 Å². The van der Waals surface area contributed by atoms with E-state index in [0.717, 1.165) is 19.5 Å². The van der Waals surface area contributed by atoms with Crippen molar-refractivity contribution in [3.8, 4) is 0 Å². The summed E-state index contributed by atoms with van der Waals surface area (Å²) in [5.41, 5.74) is 0.504. The first-order valence-corrected chi connectivity index (χ1v) is 7.57. The summed E-state index contributed by atoms with van der Waals surface area (Å²) in [5, 5.41) is 10.5. The van der Waals surface area contributed by atoms with Gasteiger partial charge in [-0.15, -0.1) is 0 Å². The lowest BCUT2D eigenvalue weighted by atomic mass is 10.0. The molecule has 0 saturated carbocycles. The highest BCUT2D eigenvalue weighted by atomic mass is 35.5. The first kappa shape index (κ1) is 15.8. The maximum absolute atomic E-state index is 12.5. The Hall–Kier alpha value is -0.610. The molecule has 1 aromatic carbocycles. The molecule has 3 atom stereocenters. The number of hydrogen-bond donors (Lipinski definition) is 1. The molecule has 1 aromatic rings. The molecule has 0 bridgehead atoms. The summed E-state index contributed by atoms with van der Waals surface area (Å²) in [5.74, 6) is 0.240. The molecule has 0 radical (unpaired) electrons. The predicted molar refractivity (Wildman–Crippen MR) is 81.6 cm³/mol. The Morgan fingerprint density at radius 3 is 2.65 bits per heavy atom. The number of carbonyl (C=O) groups is 1. The van der Waals surface area contributed by atoms with Crippen LogP contribution >= 0.6 is 23.2 Å². The van der Waals surface area contributed by atoms with Gasteiger partial charge in [0.15, 0.2) is 5.78 Å². The van der Waals surface area contributed by atoms with Crippen LogP contribution in [0.2, 0.25) is 10.0 Å². The molecule has 1 N–H and O–H groups in total. The molecule has 1 aliphatic heterocycles. The fraction of sp³-hybridized carbons (Fsp3) is 0.533. The van der Waals surface area contributed by atoms with Crippen molar-refractivity contribution in [2.75, 3.05) is 13.1 Å². The van der Waals surface area contributed by atoms with Crippen LogP contribution in [-0.4, -0.2) is 41.0 Å². The third-order valence-corrected chi connectivity index (χ3v) is 4.61. The van der Waals surface area contributed by atoms with Gasteiger partial charge in [-0.05, 0) is 50.9 Å². The van der Waals surface area contributed by atoms with Gasteiger partial charge in [0.2, 0.25) is 0 Å². The number of hydrogen-bond acceptors (Lipinski definition) is 3. The van der Waals surface area contributed by atoms with Crippen LogP contribution in [0.4, 0.5) is 0 Å². The van der Waals surface area contributed by atoms with Gasteiger partial charge in [0.1, 0.15) is 0 Å². The first-order valence-electron chi connectivity index (χ1n) is 6.81. The molecule has 1 fully saturated rings. The average Bonchev–Trinajstić information content (AvgIpc) is 2.87. The van der Waals surface area contributed by atoms with Crippen LogP contribution < -0.4 is 0 Å². The number of aliphatic hydroxyl groups is 1. The number of rotatable bonds is 4. The molecule has 110 valence electrons. The number of carbonyl (C=O) groups excluding carboxylic acids is 1. The van der Waals surface area contributed by atoms with Gasteiger partial charge in [0, 0.05) is 17.1 Å². The highest BCUT2D eigenvalue weighted by Gasteiger charge is 2.32. The number of nitrogens with zero attached hydrogens (tertiary/aromatic N) is 1. The number of likely N-dealkylation sites (tertiary alicyclic amines) is 1. The van der Waals surface area contributed by atoms with Crippen LogP contribution in [0.15, 0.2) is 18.2 Å². The molecule has 20 heavy (non-hydrogen) atoms. The van der Waals surface area contributed by atoms with E-state index in [0.29, 0.717) is 15.6 Å². The number of aliphatic hydroxyl groups excluding tert-OH is 1. The molecule has 0 amide bonds. The zero-order valence-corrected chi connectivity index (χ0v) is 13.2. The quantitative estimate of drug-likeness (QED) is 0.867. The fourth-order valence-electron chi connectivity index (χ4n) is 2.64. The number of halogens is 2. The summed E-state index contributed by atoms with van der Waals surface area (Å²) in [7, 11) is 0. The maximum Gasteiger partial charge on any atom is 0.181 e. The fourth-order valence-corrected chi connectivity index (χ4v) is 3.14. The van der Waals surface area contributed by atoms with Crippen molar-refractivity contribution >= 4 is 29.0 Å². The normalized spacial score (nSPS) is 22.8.